The molecule has 0 saturated heterocycles. The van der Waals surface area contributed by atoms with E-state index in [0.717, 1.165) is 11.6 Å². The fourth-order valence-corrected chi connectivity index (χ4v) is 3.23. The number of hydrogen-bond acceptors (Lipinski definition) is 4. The summed E-state index contributed by atoms with van der Waals surface area (Å²) in [6, 6.07) is 3.81. The van der Waals surface area contributed by atoms with Gasteiger partial charge in [-0.3, -0.25) is 9.59 Å². The molecule has 1 fully saturated rings. The number of nitrogens with one attached hydrogen (secondary N) is 1. The maximum atomic E-state index is 13.7. The van der Waals surface area contributed by atoms with Gasteiger partial charge in [-0.25, -0.2) is 13.5 Å². The van der Waals surface area contributed by atoms with E-state index in [1.54, 1.807) is 0 Å². The first-order valence-electron chi connectivity index (χ1n) is 8.96. The fraction of sp³-hybridized carbons (Fsp3) is 0.526. The number of fused-ring (bicyclic) bond motifs is 1. The number of aromatic nitrogens is 2. The molecule has 1 saturated carbocycles. The molecule has 0 bridgehead atoms. The highest BCUT2D eigenvalue weighted by molar-refractivity contribution is 5.85. The second-order valence-corrected chi connectivity index (χ2v) is 7.54. The molecular formula is C19H23F2N3O3. The van der Waals surface area contributed by atoms with Gasteiger partial charge in [-0.05, 0) is 30.9 Å². The van der Waals surface area contributed by atoms with E-state index in [1.165, 1.54) is 18.2 Å². The second kappa shape index (κ2) is 6.99. The summed E-state index contributed by atoms with van der Waals surface area (Å²) in [5, 5.41) is 17.0. The third kappa shape index (κ3) is 4.00. The molecule has 1 amide bonds. The zero-order chi connectivity index (χ0) is 19.9. The maximum absolute atomic E-state index is 13.7. The Morgan fingerprint density at radius 2 is 2.04 bits per heavy atom. The molecule has 146 valence electrons. The Morgan fingerprint density at radius 1 is 1.37 bits per heavy atom. The summed E-state index contributed by atoms with van der Waals surface area (Å²) in [6.45, 7) is 4.25. The minimum Gasteiger partial charge on any atom is -0.393 e. The van der Waals surface area contributed by atoms with Crippen molar-refractivity contribution in [1.29, 1.82) is 0 Å². The van der Waals surface area contributed by atoms with E-state index in [2.05, 4.69) is 10.4 Å². The molecule has 0 spiro atoms. The summed E-state index contributed by atoms with van der Waals surface area (Å²) in [5.74, 6) is -3.51. The molecule has 1 heterocycles. The third-order valence-corrected chi connectivity index (χ3v) is 4.81. The van der Waals surface area contributed by atoms with Crippen molar-refractivity contribution in [2.45, 2.75) is 64.1 Å². The molecule has 27 heavy (non-hydrogen) atoms. The van der Waals surface area contributed by atoms with Gasteiger partial charge in [-0.1, -0.05) is 19.9 Å². The van der Waals surface area contributed by atoms with Gasteiger partial charge in [0, 0.05) is 23.9 Å². The molecule has 3 rings (SSSR count). The number of rotatable bonds is 5. The normalized spacial score (nSPS) is 20.0. The van der Waals surface area contributed by atoms with Crippen molar-refractivity contribution >= 4 is 16.7 Å². The fourth-order valence-electron chi connectivity index (χ4n) is 3.23. The lowest BCUT2D eigenvalue weighted by Gasteiger charge is -2.31. The van der Waals surface area contributed by atoms with E-state index in [9.17, 15) is 23.5 Å². The van der Waals surface area contributed by atoms with Gasteiger partial charge < -0.3 is 10.4 Å². The van der Waals surface area contributed by atoms with E-state index < -0.39 is 17.6 Å². The highest BCUT2D eigenvalue weighted by Gasteiger charge is 2.29. The van der Waals surface area contributed by atoms with Gasteiger partial charge in [-0.2, -0.15) is 5.10 Å². The van der Waals surface area contributed by atoms with Crippen molar-refractivity contribution in [3.63, 3.8) is 0 Å². The van der Waals surface area contributed by atoms with E-state index in [1.807, 2.05) is 13.8 Å². The van der Waals surface area contributed by atoms with Crippen LogP contribution in [0.4, 0.5) is 8.78 Å². The van der Waals surface area contributed by atoms with Gasteiger partial charge >= 0.3 is 0 Å². The van der Waals surface area contributed by atoms with E-state index >= 15 is 0 Å². The van der Waals surface area contributed by atoms with Crippen LogP contribution in [-0.2, 0) is 17.3 Å². The van der Waals surface area contributed by atoms with Crippen LogP contribution >= 0.6 is 0 Å². The van der Waals surface area contributed by atoms with Crippen LogP contribution in [0.2, 0.25) is 0 Å². The number of carbonyl (C=O) groups is 1. The third-order valence-electron chi connectivity index (χ3n) is 4.81. The first-order chi connectivity index (χ1) is 12.6. The first kappa shape index (κ1) is 19.4. The van der Waals surface area contributed by atoms with Crippen molar-refractivity contribution in [2.75, 3.05) is 0 Å². The number of aliphatic hydroxyl groups excluding tert-OH is 1. The SMILES string of the molecule is CC(C)c1nn(CC(=O)NC2CC(O)C2)c(=O)c2ccc(C(C)(F)F)cc12. The largest absolute Gasteiger partial charge is 0.393 e. The van der Waals surface area contributed by atoms with Crippen molar-refractivity contribution in [1.82, 2.24) is 15.1 Å². The molecule has 8 heteroatoms. The van der Waals surface area contributed by atoms with Gasteiger partial charge in [0.2, 0.25) is 5.91 Å². The van der Waals surface area contributed by atoms with Crippen LogP contribution in [0.25, 0.3) is 10.8 Å². The zero-order valence-corrected chi connectivity index (χ0v) is 15.5. The Labute approximate surface area is 155 Å². The molecule has 0 radical (unpaired) electrons. The highest BCUT2D eigenvalue weighted by Crippen LogP contribution is 2.31. The summed E-state index contributed by atoms with van der Waals surface area (Å²) >= 11 is 0. The topological polar surface area (TPSA) is 84.2 Å². The van der Waals surface area contributed by atoms with Gasteiger partial charge in [0.05, 0.1) is 17.2 Å². The van der Waals surface area contributed by atoms with E-state index in [-0.39, 0.29) is 35.4 Å². The van der Waals surface area contributed by atoms with Crippen molar-refractivity contribution in [3.05, 3.63) is 39.8 Å². The molecule has 6 nitrogen and oxygen atoms in total. The van der Waals surface area contributed by atoms with Crippen LogP contribution in [0.15, 0.2) is 23.0 Å². The van der Waals surface area contributed by atoms with Gasteiger partial charge in [0.15, 0.2) is 0 Å². The van der Waals surface area contributed by atoms with Gasteiger partial charge in [-0.15, -0.1) is 0 Å². The second-order valence-electron chi connectivity index (χ2n) is 7.54. The predicted octanol–water partition coefficient (Wildman–Crippen LogP) is 2.27. The van der Waals surface area contributed by atoms with Crippen LogP contribution < -0.4 is 10.9 Å². The van der Waals surface area contributed by atoms with Gasteiger partial charge in [0.25, 0.3) is 11.5 Å². The van der Waals surface area contributed by atoms with E-state index in [4.69, 9.17) is 0 Å². The van der Waals surface area contributed by atoms with Crippen LogP contribution in [0.3, 0.4) is 0 Å². The lowest BCUT2D eigenvalue weighted by atomic mass is 9.89. The highest BCUT2D eigenvalue weighted by atomic mass is 19.3. The number of amides is 1. The number of nitrogens with zero attached hydrogens (tertiary/aromatic N) is 2. The number of aliphatic hydroxyl groups is 1. The van der Waals surface area contributed by atoms with Crippen molar-refractivity contribution in [3.8, 4) is 0 Å². The minimum absolute atomic E-state index is 0.0948. The molecule has 2 N–H and O–H groups in total. The molecule has 1 aliphatic rings. The van der Waals surface area contributed by atoms with Crippen molar-refractivity contribution in [2.24, 2.45) is 0 Å². The Kier molecular flexibility index (Phi) is 5.03. The summed E-state index contributed by atoms with van der Waals surface area (Å²) < 4.78 is 28.4. The lowest BCUT2D eigenvalue weighted by Crippen LogP contribution is -2.48. The lowest BCUT2D eigenvalue weighted by molar-refractivity contribution is -0.124. The molecule has 1 aromatic heterocycles. The standard InChI is InChI=1S/C19H23F2N3O3/c1-10(2)17-15-6-11(19(3,20)21)4-5-14(15)18(27)24(23-17)9-16(26)22-12-7-13(25)8-12/h4-6,10,12-13,25H,7-9H2,1-3H3,(H,22,26). The van der Waals surface area contributed by atoms with Crippen LogP contribution in [0.1, 0.15) is 50.8 Å². The molecule has 0 unspecified atom stereocenters. The molecule has 1 aliphatic carbocycles. The molecule has 2 aromatic rings. The first-order valence-corrected chi connectivity index (χ1v) is 8.96. The summed E-state index contributed by atoms with van der Waals surface area (Å²) in [7, 11) is 0. The minimum atomic E-state index is -3.02. The van der Waals surface area contributed by atoms with E-state index in [0.29, 0.717) is 23.9 Å². The predicted molar refractivity (Wildman–Crippen MR) is 96.8 cm³/mol. The van der Waals surface area contributed by atoms with Gasteiger partial charge in [0.1, 0.15) is 6.54 Å². The molecule has 0 atom stereocenters. The summed E-state index contributed by atoms with van der Waals surface area (Å²) in [6.07, 6.45) is 0.601. The number of benzene rings is 1. The number of carbonyl (C=O) groups excluding carboxylic acids is 1. The quantitative estimate of drug-likeness (QED) is 0.835. The molecular weight excluding hydrogens is 356 g/mol. The Balaban J connectivity index is 1.98. The smallest absolute Gasteiger partial charge is 0.275 e. The maximum Gasteiger partial charge on any atom is 0.275 e. The zero-order valence-electron chi connectivity index (χ0n) is 15.5. The van der Waals surface area contributed by atoms with Crippen LogP contribution in [0, 0.1) is 0 Å². The van der Waals surface area contributed by atoms with Crippen LogP contribution in [-0.4, -0.2) is 32.9 Å². The molecule has 1 aromatic carbocycles. The summed E-state index contributed by atoms with van der Waals surface area (Å²) in [5.41, 5.74) is -0.191. The Hall–Kier alpha value is -2.35. The number of alkyl halides is 2. The Bertz CT molecular complexity index is 928. The van der Waals surface area contributed by atoms with Crippen molar-refractivity contribution < 1.29 is 18.7 Å². The monoisotopic (exact) mass is 379 g/mol. The average molecular weight is 379 g/mol. The number of hydrogen-bond donors (Lipinski definition) is 2. The number of halogens is 2. The molecule has 0 aliphatic heterocycles. The Morgan fingerprint density at radius 3 is 2.59 bits per heavy atom. The average Bonchev–Trinajstić information content (AvgIpc) is 2.54. The van der Waals surface area contributed by atoms with Crippen LogP contribution in [0.5, 0.6) is 0 Å². The summed E-state index contributed by atoms with van der Waals surface area (Å²) in [4.78, 5) is 24.9.